The van der Waals surface area contributed by atoms with Crippen LogP contribution in [0.4, 0.5) is 5.69 Å². The Balaban J connectivity index is 1.90. The van der Waals surface area contributed by atoms with Crippen LogP contribution in [0.2, 0.25) is 0 Å². The van der Waals surface area contributed by atoms with E-state index in [4.69, 9.17) is 14.2 Å². The van der Waals surface area contributed by atoms with Gasteiger partial charge in [0.25, 0.3) is 0 Å². The molecule has 1 aromatic heterocycles. The molecule has 1 atom stereocenters. The second kappa shape index (κ2) is 10.1. The number of thioether (sulfide) groups is 1. The Morgan fingerprint density at radius 2 is 1.82 bits per heavy atom. The second-order valence-corrected chi connectivity index (χ2v) is 8.36. The standard InChI is InChI=1S/C24H26N4O4S/c1-5-30-19-13-12-16(14-20(19)31-6-2)23-28(15(4)29)18-11-9-8-10-17(18)21-22(32-23)25-24(27-26-21)33-7-3/h8-14,23H,5-7H2,1-4H3/t23-/m1/s1. The van der Waals surface area contributed by atoms with Gasteiger partial charge in [0.1, 0.15) is 0 Å². The predicted octanol–water partition coefficient (Wildman–Crippen LogP) is 4.89. The third-order valence-corrected chi connectivity index (χ3v) is 5.70. The number of hydrogen-bond acceptors (Lipinski definition) is 8. The third-order valence-electron chi connectivity index (χ3n) is 4.98. The van der Waals surface area contributed by atoms with Crippen LogP contribution in [0.5, 0.6) is 17.4 Å². The summed E-state index contributed by atoms with van der Waals surface area (Å²) in [6.07, 6.45) is -0.782. The molecule has 0 fully saturated rings. The summed E-state index contributed by atoms with van der Waals surface area (Å²) in [4.78, 5) is 19.1. The molecule has 0 spiro atoms. The number of aromatic nitrogens is 3. The zero-order chi connectivity index (χ0) is 23.4. The zero-order valence-electron chi connectivity index (χ0n) is 19.1. The number of para-hydroxylation sites is 1. The molecule has 1 aliphatic rings. The van der Waals surface area contributed by atoms with Crippen molar-refractivity contribution in [3.05, 3.63) is 48.0 Å². The van der Waals surface area contributed by atoms with Crippen molar-refractivity contribution in [1.29, 1.82) is 0 Å². The summed E-state index contributed by atoms with van der Waals surface area (Å²) in [5.41, 5.74) is 2.63. The molecular formula is C24H26N4O4S. The lowest BCUT2D eigenvalue weighted by Crippen LogP contribution is -2.36. The van der Waals surface area contributed by atoms with Crippen molar-refractivity contribution in [2.24, 2.45) is 0 Å². The fourth-order valence-electron chi connectivity index (χ4n) is 3.68. The summed E-state index contributed by atoms with van der Waals surface area (Å²) in [7, 11) is 0. The van der Waals surface area contributed by atoms with Gasteiger partial charge in [0.05, 0.1) is 18.9 Å². The van der Waals surface area contributed by atoms with E-state index in [1.165, 1.54) is 18.7 Å². The highest BCUT2D eigenvalue weighted by atomic mass is 32.2. The number of carbonyl (C=O) groups excluding carboxylic acids is 1. The number of ether oxygens (including phenoxy) is 3. The topological polar surface area (TPSA) is 86.7 Å². The molecule has 0 saturated heterocycles. The highest BCUT2D eigenvalue weighted by molar-refractivity contribution is 7.99. The van der Waals surface area contributed by atoms with Gasteiger partial charge in [-0.05, 0) is 43.9 Å². The van der Waals surface area contributed by atoms with Crippen LogP contribution < -0.4 is 19.1 Å². The summed E-state index contributed by atoms with van der Waals surface area (Å²) in [5.74, 6) is 2.18. The van der Waals surface area contributed by atoms with Crippen LogP contribution in [0, 0.1) is 0 Å². The van der Waals surface area contributed by atoms with E-state index in [9.17, 15) is 4.79 Å². The normalized spacial score (nSPS) is 14.5. The molecule has 0 N–H and O–H groups in total. The number of benzene rings is 2. The molecule has 172 valence electrons. The Bertz CT molecular complexity index is 1160. The Kier molecular flexibility index (Phi) is 6.98. The van der Waals surface area contributed by atoms with Crippen molar-refractivity contribution in [2.75, 3.05) is 23.9 Å². The number of anilines is 1. The summed E-state index contributed by atoms with van der Waals surface area (Å²) >= 11 is 1.48. The molecule has 2 aromatic carbocycles. The van der Waals surface area contributed by atoms with Crippen LogP contribution in [0.25, 0.3) is 11.3 Å². The van der Waals surface area contributed by atoms with E-state index in [1.54, 1.807) is 4.90 Å². The molecule has 0 radical (unpaired) electrons. The monoisotopic (exact) mass is 466 g/mol. The number of carbonyl (C=O) groups is 1. The maximum absolute atomic E-state index is 12.9. The first-order valence-corrected chi connectivity index (χ1v) is 11.9. The van der Waals surface area contributed by atoms with Crippen LogP contribution in [0.15, 0.2) is 47.6 Å². The van der Waals surface area contributed by atoms with E-state index in [1.807, 2.05) is 63.2 Å². The van der Waals surface area contributed by atoms with Crippen LogP contribution in [0.1, 0.15) is 39.5 Å². The molecule has 8 nitrogen and oxygen atoms in total. The Labute approximate surface area is 197 Å². The van der Waals surface area contributed by atoms with Crippen molar-refractivity contribution < 1.29 is 19.0 Å². The average Bonchev–Trinajstić information content (AvgIpc) is 2.95. The zero-order valence-corrected chi connectivity index (χ0v) is 19.9. The minimum Gasteiger partial charge on any atom is -0.490 e. The minimum atomic E-state index is -0.782. The average molecular weight is 467 g/mol. The molecule has 0 saturated carbocycles. The van der Waals surface area contributed by atoms with Gasteiger partial charge in [-0.3, -0.25) is 9.69 Å². The SMILES string of the molecule is CCOc1ccc([C@H]2Oc3nc(SCC)nnc3-c3ccccc3N2C(C)=O)cc1OCC. The van der Waals surface area contributed by atoms with E-state index in [0.717, 1.165) is 16.9 Å². The number of rotatable bonds is 7. The van der Waals surface area contributed by atoms with Crippen LogP contribution in [-0.4, -0.2) is 40.1 Å². The first-order valence-electron chi connectivity index (χ1n) is 10.9. The number of fused-ring (bicyclic) bond motifs is 3. The highest BCUT2D eigenvalue weighted by Gasteiger charge is 2.35. The maximum Gasteiger partial charge on any atom is 0.247 e. The van der Waals surface area contributed by atoms with E-state index in [-0.39, 0.29) is 5.91 Å². The second-order valence-electron chi connectivity index (χ2n) is 7.13. The van der Waals surface area contributed by atoms with Crippen LogP contribution in [0.3, 0.4) is 0 Å². The number of amides is 1. The molecular weight excluding hydrogens is 440 g/mol. The van der Waals surface area contributed by atoms with Gasteiger partial charge in [0.15, 0.2) is 17.2 Å². The van der Waals surface area contributed by atoms with Crippen molar-refractivity contribution in [1.82, 2.24) is 15.2 Å². The van der Waals surface area contributed by atoms with E-state index >= 15 is 0 Å². The first kappa shape index (κ1) is 22.8. The fraction of sp³-hybridized carbons (Fsp3) is 0.333. The summed E-state index contributed by atoms with van der Waals surface area (Å²) in [6.45, 7) is 8.35. The molecule has 0 unspecified atom stereocenters. The van der Waals surface area contributed by atoms with Gasteiger partial charge in [-0.1, -0.05) is 36.9 Å². The molecule has 4 rings (SSSR count). The summed E-state index contributed by atoms with van der Waals surface area (Å²) in [5, 5.41) is 9.17. The Morgan fingerprint density at radius 1 is 1.06 bits per heavy atom. The van der Waals surface area contributed by atoms with Gasteiger partial charge in [-0.15, -0.1) is 10.2 Å². The summed E-state index contributed by atoms with van der Waals surface area (Å²) < 4.78 is 17.9. The summed E-state index contributed by atoms with van der Waals surface area (Å²) in [6, 6.07) is 13.1. The van der Waals surface area contributed by atoms with Crippen molar-refractivity contribution in [3.8, 4) is 28.6 Å². The maximum atomic E-state index is 12.9. The third kappa shape index (κ3) is 4.59. The van der Waals surface area contributed by atoms with E-state index in [0.29, 0.717) is 47.1 Å². The van der Waals surface area contributed by atoms with Gasteiger partial charge >= 0.3 is 0 Å². The molecule has 3 aromatic rings. The molecule has 9 heteroatoms. The highest BCUT2D eigenvalue weighted by Crippen LogP contribution is 2.44. The van der Waals surface area contributed by atoms with Crippen LogP contribution >= 0.6 is 11.8 Å². The number of nitrogens with zero attached hydrogens (tertiary/aromatic N) is 4. The van der Waals surface area contributed by atoms with Gasteiger partial charge in [-0.25, -0.2) is 0 Å². The predicted molar refractivity (Wildman–Crippen MR) is 127 cm³/mol. The Hall–Kier alpha value is -3.33. The molecule has 33 heavy (non-hydrogen) atoms. The lowest BCUT2D eigenvalue weighted by atomic mass is 10.1. The Morgan fingerprint density at radius 3 is 2.55 bits per heavy atom. The van der Waals surface area contributed by atoms with Crippen molar-refractivity contribution in [2.45, 2.75) is 39.1 Å². The van der Waals surface area contributed by atoms with Crippen molar-refractivity contribution in [3.63, 3.8) is 0 Å². The largest absolute Gasteiger partial charge is 0.490 e. The quantitative estimate of drug-likeness (QED) is 0.455. The minimum absolute atomic E-state index is 0.178. The molecule has 0 bridgehead atoms. The van der Waals surface area contributed by atoms with Gasteiger partial charge < -0.3 is 14.2 Å². The van der Waals surface area contributed by atoms with Crippen molar-refractivity contribution >= 4 is 23.4 Å². The fourth-order valence-corrected chi connectivity index (χ4v) is 4.19. The van der Waals surface area contributed by atoms with Crippen LogP contribution in [-0.2, 0) is 4.79 Å². The molecule has 0 aliphatic carbocycles. The lowest BCUT2D eigenvalue weighted by Gasteiger charge is -2.30. The van der Waals surface area contributed by atoms with Gasteiger partial charge in [-0.2, -0.15) is 4.98 Å². The lowest BCUT2D eigenvalue weighted by molar-refractivity contribution is -0.118. The van der Waals surface area contributed by atoms with Gasteiger partial charge in [0.2, 0.25) is 23.2 Å². The van der Waals surface area contributed by atoms with E-state index in [2.05, 4.69) is 15.2 Å². The number of hydrogen-bond donors (Lipinski definition) is 0. The smallest absolute Gasteiger partial charge is 0.247 e. The van der Waals surface area contributed by atoms with Gasteiger partial charge in [0, 0.05) is 18.1 Å². The molecule has 2 heterocycles. The molecule has 1 aliphatic heterocycles. The van der Waals surface area contributed by atoms with E-state index < -0.39 is 6.23 Å². The first-order chi connectivity index (χ1) is 16.1. The molecule has 1 amide bonds.